The highest BCUT2D eigenvalue weighted by Gasteiger charge is 2.02. The summed E-state index contributed by atoms with van der Waals surface area (Å²) in [4.78, 5) is 11.5. The van der Waals surface area contributed by atoms with Crippen LogP contribution in [0.2, 0.25) is 10.0 Å². The monoisotopic (exact) mass is 332 g/mol. The molecule has 0 aliphatic rings. The summed E-state index contributed by atoms with van der Waals surface area (Å²) in [5.74, 6) is 0.0585. The first-order valence-electron chi connectivity index (χ1n) is 7.03. The summed E-state index contributed by atoms with van der Waals surface area (Å²) in [5, 5.41) is 7.40. The lowest BCUT2D eigenvalue weighted by atomic mass is 10.1. The zero-order chi connectivity index (χ0) is 15.5. The number of carbonyl (C=O) groups is 1. The van der Waals surface area contributed by atoms with Gasteiger partial charge in [0.25, 0.3) is 0 Å². The molecule has 4 nitrogen and oxygen atoms in total. The first kappa shape index (κ1) is 18.2. The van der Waals surface area contributed by atoms with Gasteiger partial charge < -0.3 is 15.4 Å². The summed E-state index contributed by atoms with van der Waals surface area (Å²) in [6, 6.07) is 5.50. The largest absolute Gasteiger partial charge is 0.385 e. The van der Waals surface area contributed by atoms with Crippen LogP contribution in [0.3, 0.4) is 0 Å². The van der Waals surface area contributed by atoms with Crippen molar-refractivity contribution in [1.29, 1.82) is 0 Å². The third-order valence-electron chi connectivity index (χ3n) is 2.96. The average Bonchev–Trinajstić information content (AvgIpc) is 2.45. The van der Waals surface area contributed by atoms with Crippen LogP contribution < -0.4 is 10.6 Å². The lowest BCUT2D eigenvalue weighted by molar-refractivity contribution is -0.121. The van der Waals surface area contributed by atoms with E-state index in [2.05, 4.69) is 10.6 Å². The van der Waals surface area contributed by atoms with E-state index in [1.165, 1.54) is 0 Å². The molecule has 0 aliphatic carbocycles. The van der Waals surface area contributed by atoms with Crippen molar-refractivity contribution in [2.24, 2.45) is 0 Å². The molecular weight excluding hydrogens is 311 g/mol. The minimum atomic E-state index is 0.0585. The number of rotatable bonds is 10. The molecule has 0 fully saturated rings. The standard InChI is InChI=1S/C15H22Cl2N2O2/c1-21-10-2-7-19-15(20)6-9-18-8-5-12-3-4-13(16)11-14(12)17/h3-4,11,18H,2,5-10H2,1H3,(H,19,20). The van der Waals surface area contributed by atoms with Crippen LogP contribution in [0.4, 0.5) is 0 Å². The van der Waals surface area contributed by atoms with Gasteiger partial charge in [0.1, 0.15) is 0 Å². The molecular formula is C15H22Cl2N2O2. The molecule has 118 valence electrons. The van der Waals surface area contributed by atoms with Gasteiger partial charge in [-0.25, -0.2) is 0 Å². The Hall–Kier alpha value is -0.810. The number of ether oxygens (including phenoxy) is 1. The number of amides is 1. The van der Waals surface area contributed by atoms with E-state index in [-0.39, 0.29) is 5.91 Å². The molecule has 0 aliphatic heterocycles. The number of hydrogen-bond donors (Lipinski definition) is 2. The molecule has 1 amide bonds. The summed E-state index contributed by atoms with van der Waals surface area (Å²) in [6.45, 7) is 2.76. The van der Waals surface area contributed by atoms with Crippen LogP contribution in [0.1, 0.15) is 18.4 Å². The highest BCUT2D eigenvalue weighted by molar-refractivity contribution is 6.35. The fourth-order valence-electron chi connectivity index (χ4n) is 1.81. The van der Waals surface area contributed by atoms with Crippen molar-refractivity contribution in [3.05, 3.63) is 33.8 Å². The SMILES string of the molecule is COCCCNC(=O)CCNCCc1ccc(Cl)cc1Cl. The maximum atomic E-state index is 11.5. The van der Waals surface area contributed by atoms with Gasteiger partial charge in [-0.15, -0.1) is 0 Å². The van der Waals surface area contributed by atoms with Crippen molar-refractivity contribution in [2.45, 2.75) is 19.3 Å². The second-order valence-electron chi connectivity index (χ2n) is 4.68. The van der Waals surface area contributed by atoms with E-state index >= 15 is 0 Å². The Balaban J connectivity index is 2.07. The Bertz CT molecular complexity index is 442. The number of nitrogens with one attached hydrogen (secondary N) is 2. The van der Waals surface area contributed by atoms with Gasteiger partial charge in [0, 0.05) is 43.3 Å². The highest BCUT2D eigenvalue weighted by Crippen LogP contribution is 2.20. The number of methoxy groups -OCH3 is 1. The molecule has 0 unspecified atom stereocenters. The lowest BCUT2D eigenvalue weighted by Gasteiger charge is -2.07. The highest BCUT2D eigenvalue weighted by atomic mass is 35.5. The minimum Gasteiger partial charge on any atom is -0.385 e. The summed E-state index contributed by atoms with van der Waals surface area (Å²) >= 11 is 11.9. The third kappa shape index (κ3) is 8.27. The van der Waals surface area contributed by atoms with E-state index in [1.54, 1.807) is 13.2 Å². The molecule has 0 atom stereocenters. The zero-order valence-corrected chi connectivity index (χ0v) is 13.8. The van der Waals surface area contributed by atoms with Crippen molar-refractivity contribution < 1.29 is 9.53 Å². The van der Waals surface area contributed by atoms with Crippen molar-refractivity contribution in [3.63, 3.8) is 0 Å². The summed E-state index contributed by atoms with van der Waals surface area (Å²) in [7, 11) is 1.65. The Labute approximate surface area is 136 Å². The van der Waals surface area contributed by atoms with Crippen LogP contribution in [0.15, 0.2) is 18.2 Å². The number of hydrogen-bond acceptors (Lipinski definition) is 3. The molecule has 2 N–H and O–H groups in total. The van der Waals surface area contributed by atoms with Gasteiger partial charge in [0.2, 0.25) is 5.91 Å². The van der Waals surface area contributed by atoms with Gasteiger partial charge in [0.05, 0.1) is 0 Å². The molecule has 0 saturated carbocycles. The first-order valence-corrected chi connectivity index (χ1v) is 7.79. The van der Waals surface area contributed by atoms with Gasteiger partial charge in [-0.3, -0.25) is 4.79 Å². The number of carbonyl (C=O) groups excluding carboxylic acids is 1. The van der Waals surface area contributed by atoms with Gasteiger partial charge in [0.15, 0.2) is 0 Å². The molecule has 1 aromatic carbocycles. The van der Waals surface area contributed by atoms with Crippen LogP contribution in [0.5, 0.6) is 0 Å². The van der Waals surface area contributed by atoms with E-state index in [0.717, 1.165) is 24.9 Å². The number of benzene rings is 1. The topological polar surface area (TPSA) is 50.4 Å². The molecule has 0 bridgehead atoms. The minimum absolute atomic E-state index is 0.0585. The van der Waals surface area contributed by atoms with Crippen LogP contribution >= 0.6 is 23.2 Å². The van der Waals surface area contributed by atoms with Crippen molar-refractivity contribution in [2.75, 3.05) is 33.4 Å². The maximum absolute atomic E-state index is 11.5. The average molecular weight is 333 g/mol. The smallest absolute Gasteiger partial charge is 0.221 e. The van der Waals surface area contributed by atoms with E-state index in [0.29, 0.717) is 36.2 Å². The molecule has 0 aromatic heterocycles. The predicted molar refractivity (Wildman–Crippen MR) is 87.2 cm³/mol. The fourth-order valence-corrected chi connectivity index (χ4v) is 2.31. The van der Waals surface area contributed by atoms with Crippen molar-refractivity contribution in [3.8, 4) is 0 Å². The van der Waals surface area contributed by atoms with E-state index in [1.807, 2.05) is 12.1 Å². The van der Waals surface area contributed by atoms with Crippen molar-refractivity contribution in [1.82, 2.24) is 10.6 Å². The normalized spacial score (nSPS) is 10.6. The second-order valence-corrected chi connectivity index (χ2v) is 5.53. The molecule has 0 spiro atoms. The molecule has 0 heterocycles. The van der Waals surface area contributed by atoms with Crippen LogP contribution in [0, 0.1) is 0 Å². The Kier molecular flexibility index (Phi) is 9.42. The van der Waals surface area contributed by atoms with Gasteiger partial charge >= 0.3 is 0 Å². The molecule has 0 radical (unpaired) electrons. The van der Waals surface area contributed by atoms with E-state index in [4.69, 9.17) is 27.9 Å². The van der Waals surface area contributed by atoms with E-state index in [9.17, 15) is 4.79 Å². The predicted octanol–water partition coefficient (Wildman–Crippen LogP) is 2.67. The van der Waals surface area contributed by atoms with Gasteiger partial charge in [-0.2, -0.15) is 0 Å². The summed E-state index contributed by atoms with van der Waals surface area (Å²) < 4.78 is 4.91. The number of halogens is 2. The van der Waals surface area contributed by atoms with Crippen LogP contribution in [-0.4, -0.2) is 39.3 Å². The van der Waals surface area contributed by atoms with Gasteiger partial charge in [-0.05, 0) is 37.1 Å². The molecule has 21 heavy (non-hydrogen) atoms. The second kappa shape index (κ2) is 10.9. The van der Waals surface area contributed by atoms with Crippen LogP contribution in [-0.2, 0) is 16.0 Å². The van der Waals surface area contributed by atoms with Crippen LogP contribution in [0.25, 0.3) is 0 Å². The summed E-state index contributed by atoms with van der Waals surface area (Å²) in [5.41, 5.74) is 1.05. The third-order valence-corrected chi connectivity index (χ3v) is 3.55. The zero-order valence-electron chi connectivity index (χ0n) is 12.3. The first-order chi connectivity index (χ1) is 10.1. The summed E-state index contributed by atoms with van der Waals surface area (Å²) in [6.07, 6.45) is 2.12. The fraction of sp³-hybridized carbons (Fsp3) is 0.533. The molecule has 0 saturated heterocycles. The lowest BCUT2D eigenvalue weighted by Crippen LogP contribution is -2.29. The van der Waals surface area contributed by atoms with Crippen molar-refractivity contribution >= 4 is 29.1 Å². The molecule has 1 aromatic rings. The Morgan fingerprint density at radius 2 is 2.05 bits per heavy atom. The van der Waals surface area contributed by atoms with E-state index < -0.39 is 0 Å². The quantitative estimate of drug-likeness (QED) is 0.647. The van der Waals surface area contributed by atoms with Gasteiger partial charge in [-0.1, -0.05) is 29.3 Å². The maximum Gasteiger partial charge on any atom is 0.221 e. The molecule has 1 rings (SSSR count). The Morgan fingerprint density at radius 3 is 2.76 bits per heavy atom. The molecule has 6 heteroatoms. The Morgan fingerprint density at radius 1 is 1.24 bits per heavy atom.